The molecule has 1 aromatic rings. The van der Waals surface area contributed by atoms with E-state index in [1.54, 1.807) is 25.1 Å². The minimum absolute atomic E-state index is 0.195. The van der Waals surface area contributed by atoms with Crippen LogP contribution >= 0.6 is 23.2 Å². The van der Waals surface area contributed by atoms with Gasteiger partial charge >= 0.3 is 6.09 Å². The van der Waals surface area contributed by atoms with Crippen molar-refractivity contribution in [1.29, 1.82) is 0 Å². The van der Waals surface area contributed by atoms with Crippen LogP contribution in [0.2, 0.25) is 10.0 Å². The number of halogens is 2. The average Bonchev–Trinajstić information content (AvgIpc) is 2.38. The lowest BCUT2D eigenvalue weighted by molar-refractivity contribution is -0.116. The molecule has 0 spiro atoms. The van der Waals surface area contributed by atoms with Crippen LogP contribution in [0.5, 0.6) is 0 Å². The maximum atomic E-state index is 11.7. The highest BCUT2D eigenvalue weighted by Crippen LogP contribution is 2.28. The molecule has 1 N–H and O–H groups in total. The predicted molar refractivity (Wildman–Crippen MR) is 79.5 cm³/mol. The second-order valence-electron chi connectivity index (χ2n) is 3.91. The van der Waals surface area contributed by atoms with Crippen LogP contribution in [0.4, 0.5) is 10.5 Å². The molecule has 1 rings (SSSR count). The van der Waals surface area contributed by atoms with Crippen LogP contribution < -0.4 is 10.2 Å². The molecule has 1 aromatic carbocycles. The van der Waals surface area contributed by atoms with E-state index in [0.29, 0.717) is 22.3 Å². The smallest absolute Gasteiger partial charge is 0.407 e. The number of nitrogens with one attached hydrogen (secondary N) is 1. The van der Waals surface area contributed by atoms with Crippen LogP contribution in [0.3, 0.4) is 0 Å². The van der Waals surface area contributed by atoms with Gasteiger partial charge < -0.3 is 15.0 Å². The van der Waals surface area contributed by atoms with E-state index in [2.05, 4.69) is 5.32 Å². The molecule has 2 amide bonds. The van der Waals surface area contributed by atoms with Gasteiger partial charge in [-0.3, -0.25) is 4.79 Å². The van der Waals surface area contributed by atoms with Crippen molar-refractivity contribution in [3.05, 3.63) is 28.2 Å². The molecule has 5 nitrogen and oxygen atoms in total. The van der Waals surface area contributed by atoms with E-state index in [9.17, 15) is 9.59 Å². The molecule has 0 atom stereocenters. The van der Waals surface area contributed by atoms with Gasteiger partial charge in [-0.2, -0.15) is 0 Å². The lowest BCUT2D eigenvalue weighted by Crippen LogP contribution is -2.37. The number of hydrogen-bond donors (Lipinski definition) is 1. The molecule has 0 unspecified atom stereocenters. The summed E-state index contributed by atoms with van der Waals surface area (Å²) >= 11 is 12.0. The Bertz CT molecular complexity index is 495. The number of carbonyl (C=O) groups is 2. The van der Waals surface area contributed by atoms with Gasteiger partial charge in [0.15, 0.2) is 0 Å². The topological polar surface area (TPSA) is 58.6 Å². The molecule has 0 fully saturated rings. The van der Waals surface area contributed by atoms with Gasteiger partial charge in [0.2, 0.25) is 5.91 Å². The number of carbonyl (C=O) groups excluding carboxylic acids is 2. The summed E-state index contributed by atoms with van der Waals surface area (Å²) in [6.45, 7) is 3.95. The number of anilines is 1. The summed E-state index contributed by atoms with van der Waals surface area (Å²) in [6, 6.07) is 4.87. The first-order valence-electron chi connectivity index (χ1n) is 6.09. The second kappa shape index (κ2) is 7.97. The first kappa shape index (κ1) is 16.6. The van der Waals surface area contributed by atoms with E-state index < -0.39 is 6.09 Å². The van der Waals surface area contributed by atoms with E-state index in [1.165, 1.54) is 11.8 Å². The van der Waals surface area contributed by atoms with Gasteiger partial charge in [0.25, 0.3) is 0 Å². The molecule has 0 radical (unpaired) electrons. The molecule has 0 aromatic heterocycles. The minimum Gasteiger partial charge on any atom is -0.450 e. The Morgan fingerprint density at radius 1 is 1.35 bits per heavy atom. The molecule has 0 saturated carbocycles. The number of ether oxygens (including phenoxy) is 1. The maximum Gasteiger partial charge on any atom is 0.407 e. The maximum absolute atomic E-state index is 11.7. The van der Waals surface area contributed by atoms with Crippen molar-refractivity contribution in [3.8, 4) is 0 Å². The van der Waals surface area contributed by atoms with Gasteiger partial charge in [-0.15, -0.1) is 0 Å². The summed E-state index contributed by atoms with van der Waals surface area (Å²) < 4.78 is 4.73. The Hall–Kier alpha value is -1.46. The third-order valence-corrected chi connectivity index (χ3v) is 3.01. The Morgan fingerprint density at radius 2 is 2.05 bits per heavy atom. The van der Waals surface area contributed by atoms with E-state index in [4.69, 9.17) is 27.9 Å². The van der Waals surface area contributed by atoms with E-state index in [-0.39, 0.29) is 19.0 Å². The molecule has 0 aliphatic heterocycles. The van der Waals surface area contributed by atoms with Gasteiger partial charge in [0, 0.05) is 25.0 Å². The van der Waals surface area contributed by atoms with Crippen LogP contribution in [-0.2, 0) is 9.53 Å². The monoisotopic (exact) mass is 318 g/mol. The number of nitrogens with zero attached hydrogens (tertiary/aromatic N) is 1. The molecule has 0 bridgehead atoms. The van der Waals surface area contributed by atoms with Gasteiger partial charge in [-0.1, -0.05) is 23.2 Å². The molecule has 20 heavy (non-hydrogen) atoms. The average molecular weight is 319 g/mol. The van der Waals surface area contributed by atoms with Crippen molar-refractivity contribution in [2.24, 2.45) is 0 Å². The van der Waals surface area contributed by atoms with E-state index in [1.807, 2.05) is 0 Å². The van der Waals surface area contributed by atoms with E-state index >= 15 is 0 Å². The highest BCUT2D eigenvalue weighted by molar-refractivity contribution is 6.35. The normalized spacial score (nSPS) is 10.0. The standard InChI is InChI=1S/C13H16Cl2N2O3/c1-3-20-13(19)16-6-7-17(9(2)18)12-8-10(14)4-5-11(12)15/h4-5,8H,3,6-7H2,1-2H3,(H,16,19). The number of alkyl carbamates (subject to hydrolysis) is 1. The van der Waals surface area contributed by atoms with Gasteiger partial charge in [-0.25, -0.2) is 4.79 Å². The van der Waals surface area contributed by atoms with Crippen molar-refractivity contribution >= 4 is 40.9 Å². The molecular formula is C13H16Cl2N2O3. The lowest BCUT2D eigenvalue weighted by atomic mass is 10.2. The van der Waals surface area contributed by atoms with Crippen molar-refractivity contribution in [2.75, 3.05) is 24.6 Å². The zero-order chi connectivity index (χ0) is 15.1. The summed E-state index contributed by atoms with van der Waals surface area (Å²) in [7, 11) is 0. The summed E-state index contributed by atoms with van der Waals surface area (Å²) in [5, 5.41) is 3.44. The first-order valence-corrected chi connectivity index (χ1v) is 6.85. The van der Waals surface area contributed by atoms with Crippen LogP contribution in [0.15, 0.2) is 18.2 Å². The van der Waals surface area contributed by atoms with Gasteiger partial charge in [-0.05, 0) is 25.1 Å². The minimum atomic E-state index is -0.520. The molecule has 0 saturated heterocycles. The fraction of sp³-hybridized carbons (Fsp3) is 0.385. The Balaban J connectivity index is 2.72. The third kappa shape index (κ3) is 4.90. The van der Waals surface area contributed by atoms with Crippen molar-refractivity contribution in [1.82, 2.24) is 5.32 Å². The summed E-state index contributed by atoms with van der Waals surface area (Å²) in [4.78, 5) is 24.3. The predicted octanol–water partition coefficient (Wildman–Crippen LogP) is 3.09. The summed E-state index contributed by atoms with van der Waals surface area (Å²) in [6.07, 6.45) is -0.520. The molecule has 7 heteroatoms. The summed E-state index contributed by atoms with van der Waals surface area (Å²) in [5.74, 6) is -0.195. The highest BCUT2D eigenvalue weighted by atomic mass is 35.5. The number of benzene rings is 1. The fourth-order valence-corrected chi connectivity index (χ4v) is 1.98. The Kier molecular flexibility index (Phi) is 6.61. The van der Waals surface area contributed by atoms with Gasteiger partial charge in [0.05, 0.1) is 17.3 Å². The van der Waals surface area contributed by atoms with Crippen LogP contribution in [0.1, 0.15) is 13.8 Å². The van der Waals surface area contributed by atoms with Crippen molar-refractivity contribution < 1.29 is 14.3 Å². The largest absolute Gasteiger partial charge is 0.450 e. The van der Waals surface area contributed by atoms with Crippen molar-refractivity contribution in [3.63, 3.8) is 0 Å². The van der Waals surface area contributed by atoms with Gasteiger partial charge in [0.1, 0.15) is 0 Å². The lowest BCUT2D eigenvalue weighted by Gasteiger charge is -2.22. The van der Waals surface area contributed by atoms with Crippen molar-refractivity contribution in [2.45, 2.75) is 13.8 Å². The zero-order valence-corrected chi connectivity index (χ0v) is 12.8. The molecule has 110 valence electrons. The number of amides is 2. The van der Waals surface area contributed by atoms with Crippen LogP contribution in [0.25, 0.3) is 0 Å². The second-order valence-corrected chi connectivity index (χ2v) is 4.76. The highest BCUT2D eigenvalue weighted by Gasteiger charge is 2.15. The number of hydrogen-bond acceptors (Lipinski definition) is 3. The SMILES string of the molecule is CCOC(=O)NCCN(C(C)=O)c1cc(Cl)ccc1Cl. The van der Waals surface area contributed by atoms with E-state index in [0.717, 1.165) is 0 Å². The van der Waals surface area contributed by atoms with Crippen LogP contribution in [-0.4, -0.2) is 31.7 Å². The Morgan fingerprint density at radius 3 is 2.65 bits per heavy atom. The molecule has 0 aliphatic carbocycles. The number of rotatable bonds is 5. The van der Waals surface area contributed by atoms with Crippen LogP contribution in [0, 0.1) is 0 Å². The first-order chi connectivity index (χ1) is 9.45. The quantitative estimate of drug-likeness (QED) is 0.907. The molecule has 0 heterocycles. The molecular weight excluding hydrogens is 303 g/mol. The zero-order valence-electron chi connectivity index (χ0n) is 11.3. The third-order valence-electron chi connectivity index (χ3n) is 2.46. The summed E-state index contributed by atoms with van der Waals surface area (Å²) in [5.41, 5.74) is 0.511. The molecule has 0 aliphatic rings. The fourth-order valence-electron chi connectivity index (χ4n) is 1.59. The Labute approximate surface area is 127 Å².